The van der Waals surface area contributed by atoms with E-state index in [1.54, 1.807) is 11.3 Å². The topological polar surface area (TPSA) is 41.6 Å². The van der Waals surface area contributed by atoms with Crippen LogP contribution >= 0.6 is 22.9 Å². The monoisotopic (exact) mass is 249 g/mol. The van der Waals surface area contributed by atoms with Crippen LogP contribution in [-0.4, -0.2) is 15.0 Å². The van der Waals surface area contributed by atoms with Gasteiger partial charge >= 0.3 is 0 Å². The van der Waals surface area contributed by atoms with Gasteiger partial charge in [-0.3, -0.25) is 0 Å². The quantitative estimate of drug-likeness (QED) is 0.715. The molecule has 1 N–H and O–H groups in total. The molecule has 0 radical (unpaired) electrons. The number of hydrogen-bond donors (Lipinski definition) is 1. The van der Waals surface area contributed by atoms with Gasteiger partial charge in [0.1, 0.15) is 11.3 Å². The van der Waals surface area contributed by atoms with Gasteiger partial charge in [0.2, 0.25) is 0 Å². The molecule has 0 atom stereocenters. The van der Waals surface area contributed by atoms with Crippen molar-refractivity contribution in [2.24, 2.45) is 0 Å². The van der Waals surface area contributed by atoms with E-state index in [1.165, 1.54) is 0 Å². The lowest BCUT2D eigenvalue weighted by Gasteiger charge is -1.88. The fraction of sp³-hybridized carbons (Fsp3) is 0.0909. The zero-order valence-electron chi connectivity index (χ0n) is 8.49. The average molecular weight is 250 g/mol. The number of benzene rings is 1. The summed E-state index contributed by atoms with van der Waals surface area (Å²) in [4.78, 5) is 13.0. The first kappa shape index (κ1) is 9.81. The van der Waals surface area contributed by atoms with Crippen molar-refractivity contribution in [3.8, 4) is 10.7 Å². The zero-order valence-corrected chi connectivity index (χ0v) is 10.1. The second kappa shape index (κ2) is 3.57. The molecule has 0 saturated carbocycles. The highest BCUT2D eigenvalue weighted by Gasteiger charge is 2.09. The first-order chi connectivity index (χ1) is 7.74. The largest absolute Gasteiger partial charge is 0.337 e. The number of aryl methyl sites for hydroxylation is 1. The molecule has 0 spiro atoms. The lowest BCUT2D eigenvalue weighted by Crippen LogP contribution is -1.73. The number of hydrogen-bond acceptors (Lipinski definition) is 3. The summed E-state index contributed by atoms with van der Waals surface area (Å²) < 4.78 is 0. The van der Waals surface area contributed by atoms with Crippen LogP contribution in [0, 0.1) is 6.92 Å². The van der Waals surface area contributed by atoms with E-state index in [1.807, 2.05) is 31.3 Å². The normalized spacial score (nSPS) is 11.1. The Morgan fingerprint density at radius 1 is 1.38 bits per heavy atom. The van der Waals surface area contributed by atoms with Crippen LogP contribution in [0.3, 0.4) is 0 Å². The molecule has 16 heavy (non-hydrogen) atoms. The molecule has 0 aliphatic heterocycles. The first-order valence-electron chi connectivity index (χ1n) is 4.81. The smallest absolute Gasteiger partial charge is 0.150 e. The van der Waals surface area contributed by atoms with Crippen molar-refractivity contribution in [2.75, 3.05) is 0 Å². The summed E-state index contributed by atoms with van der Waals surface area (Å²) in [5, 5.41) is 1.70. The molecule has 3 aromatic rings. The van der Waals surface area contributed by atoms with Crippen LogP contribution in [0.5, 0.6) is 0 Å². The third-order valence-electron chi connectivity index (χ3n) is 2.32. The standard InChI is InChI=1S/C11H8ClN3S/c1-6-13-5-9(16-6)11-14-8-4-2-3-7(12)10(8)15-11/h2-5H,1H3,(H,14,15). The van der Waals surface area contributed by atoms with Gasteiger partial charge in [0, 0.05) is 6.20 Å². The van der Waals surface area contributed by atoms with Crippen LogP contribution < -0.4 is 0 Å². The highest BCUT2D eigenvalue weighted by Crippen LogP contribution is 2.28. The minimum Gasteiger partial charge on any atom is -0.337 e. The van der Waals surface area contributed by atoms with E-state index in [0.29, 0.717) is 5.02 Å². The molecule has 3 nitrogen and oxygen atoms in total. The molecule has 2 aromatic heterocycles. The maximum Gasteiger partial charge on any atom is 0.150 e. The predicted molar refractivity (Wildman–Crippen MR) is 66.9 cm³/mol. The van der Waals surface area contributed by atoms with Crippen molar-refractivity contribution in [3.05, 3.63) is 34.4 Å². The molecule has 0 fully saturated rings. The number of nitrogens with one attached hydrogen (secondary N) is 1. The van der Waals surface area contributed by atoms with Gasteiger partial charge in [-0.1, -0.05) is 17.7 Å². The van der Waals surface area contributed by atoms with E-state index in [2.05, 4.69) is 15.0 Å². The van der Waals surface area contributed by atoms with Gasteiger partial charge in [-0.2, -0.15) is 0 Å². The maximum absolute atomic E-state index is 6.07. The van der Waals surface area contributed by atoms with Crippen LogP contribution in [0.4, 0.5) is 0 Å². The van der Waals surface area contributed by atoms with Crippen molar-refractivity contribution < 1.29 is 0 Å². The molecule has 0 aliphatic carbocycles. The molecule has 0 unspecified atom stereocenters. The van der Waals surface area contributed by atoms with E-state index in [4.69, 9.17) is 11.6 Å². The zero-order chi connectivity index (χ0) is 11.1. The Morgan fingerprint density at radius 2 is 2.25 bits per heavy atom. The van der Waals surface area contributed by atoms with Crippen LogP contribution in [0.25, 0.3) is 21.7 Å². The molecular weight excluding hydrogens is 242 g/mol. The number of fused-ring (bicyclic) bond motifs is 1. The van der Waals surface area contributed by atoms with Crippen molar-refractivity contribution in [1.82, 2.24) is 15.0 Å². The maximum atomic E-state index is 6.07. The van der Waals surface area contributed by atoms with Gasteiger partial charge in [-0.05, 0) is 19.1 Å². The molecule has 0 amide bonds. The number of imidazole rings is 1. The van der Waals surface area contributed by atoms with Crippen LogP contribution in [0.1, 0.15) is 5.01 Å². The number of nitrogens with zero attached hydrogens (tertiary/aromatic N) is 2. The Bertz CT molecular complexity index is 656. The number of thiazole rings is 1. The molecular formula is C11H8ClN3S. The summed E-state index contributed by atoms with van der Waals surface area (Å²) in [5.74, 6) is 0.828. The Balaban J connectivity index is 2.22. The van der Waals surface area contributed by atoms with Crippen molar-refractivity contribution in [1.29, 1.82) is 0 Å². The Hall–Kier alpha value is -1.39. The number of aromatic nitrogens is 3. The molecule has 0 aliphatic rings. The number of H-pyrrole nitrogens is 1. The summed E-state index contributed by atoms with van der Waals surface area (Å²) >= 11 is 7.68. The van der Waals surface area contributed by atoms with Gasteiger partial charge in [0.25, 0.3) is 0 Å². The third kappa shape index (κ3) is 1.50. The van der Waals surface area contributed by atoms with Crippen LogP contribution in [-0.2, 0) is 0 Å². The molecule has 3 rings (SSSR count). The molecule has 0 bridgehead atoms. The SMILES string of the molecule is Cc1ncc(-c2nc3c(Cl)cccc3[nH]2)s1. The van der Waals surface area contributed by atoms with Gasteiger partial charge in [-0.15, -0.1) is 11.3 Å². The van der Waals surface area contributed by atoms with E-state index in [0.717, 1.165) is 26.7 Å². The lowest BCUT2D eigenvalue weighted by molar-refractivity contribution is 1.28. The Labute approximate surface area is 101 Å². The highest BCUT2D eigenvalue weighted by atomic mass is 35.5. The second-order valence-electron chi connectivity index (χ2n) is 3.46. The molecule has 2 heterocycles. The fourth-order valence-electron chi connectivity index (χ4n) is 1.58. The highest BCUT2D eigenvalue weighted by molar-refractivity contribution is 7.14. The Kier molecular flexibility index (Phi) is 2.19. The molecule has 1 aromatic carbocycles. The van der Waals surface area contributed by atoms with Gasteiger partial charge < -0.3 is 4.98 Å². The van der Waals surface area contributed by atoms with E-state index >= 15 is 0 Å². The number of aromatic amines is 1. The van der Waals surface area contributed by atoms with Crippen LogP contribution in [0.2, 0.25) is 5.02 Å². The summed E-state index contributed by atoms with van der Waals surface area (Å²) in [6.07, 6.45) is 1.83. The first-order valence-corrected chi connectivity index (χ1v) is 6.00. The number of halogens is 1. The predicted octanol–water partition coefficient (Wildman–Crippen LogP) is 3.65. The summed E-state index contributed by atoms with van der Waals surface area (Å²) in [6, 6.07) is 5.71. The van der Waals surface area contributed by atoms with E-state index in [9.17, 15) is 0 Å². The lowest BCUT2D eigenvalue weighted by atomic mass is 10.3. The second-order valence-corrected chi connectivity index (χ2v) is 5.11. The van der Waals surface area contributed by atoms with Gasteiger partial charge in [0.15, 0.2) is 0 Å². The van der Waals surface area contributed by atoms with Gasteiger partial charge in [-0.25, -0.2) is 9.97 Å². The summed E-state index contributed by atoms with van der Waals surface area (Å²) in [5.41, 5.74) is 1.76. The molecule has 80 valence electrons. The third-order valence-corrected chi connectivity index (χ3v) is 3.54. The molecule has 5 heteroatoms. The van der Waals surface area contributed by atoms with Crippen molar-refractivity contribution in [2.45, 2.75) is 6.92 Å². The Morgan fingerprint density at radius 3 is 2.94 bits per heavy atom. The molecule has 0 saturated heterocycles. The van der Waals surface area contributed by atoms with Crippen LogP contribution in [0.15, 0.2) is 24.4 Å². The fourth-order valence-corrected chi connectivity index (χ4v) is 2.52. The van der Waals surface area contributed by atoms with E-state index in [-0.39, 0.29) is 0 Å². The number of para-hydroxylation sites is 1. The summed E-state index contributed by atoms with van der Waals surface area (Å²) in [6.45, 7) is 1.98. The summed E-state index contributed by atoms with van der Waals surface area (Å²) in [7, 11) is 0. The minimum absolute atomic E-state index is 0.668. The van der Waals surface area contributed by atoms with Gasteiger partial charge in [0.05, 0.1) is 20.4 Å². The van der Waals surface area contributed by atoms with Crippen molar-refractivity contribution >= 4 is 34.0 Å². The number of rotatable bonds is 1. The van der Waals surface area contributed by atoms with Crippen molar-refractivity contribution in [3.63, 3.8) is 0 Å². The average Bonchev–Trinajstić information content (AvgIpc) is 2.84. The van der Waals surface area contributed by atoms with E-state index < -0.39 is 0 Å². The minimum atomic E-state index is 0.668.